The van der Waals surface area contributed by atoms with Gasteiger partial charge in [0, 0.05) is 6.92 Å². The van der Waals surface area contributed by atoms with Crippen LogP contribution in [-0.2, 0) is 4.79 Å². The molecular formula is C7H13NO5. The van der Waals surface area contributed by atoms with Crippen LogP contribution in [0.5, 0.6) is 0 Å². The quantitative estimate of drug-likeness (QED) is 0.360. The van der Waals surface area contributed by atoms with E-state index in [0.29, 0.717) is 0 Å². The zero-order valence-corrected chi connectivity index (χ0v) is 7.16. The van der Waals surface area contributed by atoms with Crippen LogP contribution < -0.4 is 0 Å². The van der Waals surface area contributed by atoms with Crippen molar-refractivity contribution in [2.45, 2.75) is 31.4 Å². The summed E-state index contributed by atoms with van der Waals surface area (Å²) in [5.41, 5.74) is 0. The molecule has 0 aromatic heterocycles. The van der Waals surface area contributed by atoms with Crippen molar-refractivity contribution >= 4 is 5.91 Å². The van der Waals surface area contributed by atoms with Crippen LogP contribution in [0, 0.1) is 0 Å². The fourth-order valence-electron chi connectivity index (χ4n) is 1.54. The summed E-state index contributed by atoms with van der Waals surface area (Å²) in [6.07, 6.45) is -4.16. The SMILES string of the molecule is CC(=O)N1[C@H](O)[C@@H](O)[C@@H](O)[C@@H]1CO. The first kappa shape index (κ1) is 10.4. The lowest BCUT2D eigenvalue weighted by atomic mass is 10.1. The van der Waals surface area contributed by atoms with Gasteiger partial charge in [0.2, 0.25) is 5.91 Å². The van der Waals surface area contributed by atoms with E-state index in [4.69, 9.17) is 5.11 Å². The van der Waals surface area contributed by atoms with Gasteiger partial charge < -0.3 is 25.3 Å². The van der Waals surface area contributed by atoms with Crippen LogP contribution in [-0.4, -0.2) is 62.3 Å². The molecule has 6 nitrogen and oxygen atoms in total. The van der Waals surface area contributed by atoms with Gasteiger partial charge in [-0.3, -0.25) is 4.79 Å². The first-order valence-electron chi connectivity index (χ1n) is 3.94. The molecule has 0 aliphatic carbocycles. The second-order valence-electron chi connectivity index (χ2n) is 3.07. The minimum absolute atomic E-state index is 0.491. The highest BCUT2D eigenvalue weighted by molar-refractivity contribution is 5.74. The molecular weight excluding hydrogens is 178 g/mol. The molecule has 0 spiro atoms. The van der Waals surface area contributed by atoms with Gasteiger partial charge in [0.15, 0.2) is 6.23 Å². The lowest BCUT2D eigenvalue weighted by Crippen LogP contribution is -2.44. The van der Waals surface area contributed by atoms with Gasteiger partial charge in [-0.15, -0.1) is 0 Å². The van der Waals surface area contributed by atoms with Crippen molar-refractivity contribution in [3.63, 3.8) is 0 Å². The van der Waals surface area contributed by atoms with Crippen LogP contribution in [0.4, 0.5) is 0 Å². The van der Waals surface area contributed by atoms with E-state index >= 15 is 0 Å². The zero-order chi connectivity index (χ0) is 10.2. The lowest BCUT2D eigenvalue weighted by molar-refractivity contribution is -0.143. The van der Waals surface area contributed by atoms with Crippen molar-refractivity contribution in [1.82, 2.24) is 4.90 Å². The number of carbonyl (C=O) groups excluding carboxylic acids is 1. The molecule has 0 saturated carbocycles. The summed E-state index contributed by atoms with van der Waals surface area (Å²) in [4.78, 5) is 11.8. The third-order valence-corrected chi connectivity index (χ3v) is 2.24. The molecule has 1 aliphatic heterocycles. The third kappa shape index (κ3) is 1.53. The van der Waals surface area contributed by atoms with Gasteiger partial charge in [-0.1, -0.05) is 0 Å². The molecule has 0 aromatic carbocycles. The summed E-state index contributed by atoms with van der Waals surface area (Å²) < 4.78 is 0. The predicted molar refractivity (Wildman–Crippen MR) is 41.4 cm³/mol. The normalized spacial score (nSPS) is 39.6. The average molecular weight is 191 g/mol. The van der Waals surface area contributed by atoms with E-state index < -0.39 is 37.0 Å². The number of amides is 1. The summed E-state index contributed by atoms with van der Waals surface area (Å²) in [7, 11) is 0. The van der Waals surface area contributed by atoms with E-state index in [0.717, 1.165) is 4.90 Å². The molecule has 0 bridgehead atoms. The van der Waals surface area contributed by atoms with Gasteiger partial charge in [-0.25, -0.2) is 0 Å². The maximum Gasteiger partial charge on any atom is 0.221 e. The van der Waals surface area contributed by atoms with Gasteiger partial charge >= 0.3 is 0 Å². The van der Waals surface area contributed by atoms with Crippen molar-refractivity contribution < 1.29 is 25.2 Å². The molecule has 1 fully saturated rings. The topological polar surface area (TPSA) is 101 Å². The molecule has 76 valence electrons. The van der Waals surface area contributed by atoms with Gasteiger partial charge in [0.25, 0.3) is 0 Å². The molecule has 4 atom stereocenters. The van der Waals surface area contributed by atoms with E-state index in [-0.39, 0.29) is 0 Å². The van der Waals surface area contributed by atoms with Crippen molar-refractivity contribution in [1.29, 1.82) is 0 Å². The van der Waals surface area contributed by atoms with Crippen LogP contribution in [0.25, 0.3) is 0 Å². The third-order valence-electron chi connectivity index (χ3n) is 2.24. The molecule has 1 saturated heterocycles. The van der Waals surface area contributed by atoms with E-state index in [9.17, 15) is 20.1 Å². The van der Waals surface area contributed by atoms with E-state index in [1.807, 2.05) is 0 Å². The summed E-state index contributed by atoms with van der Waals surface area (Å²) in [5, 5.41) is 36.6. The minimum atomic E-state index is -1.44. The monoisotopic (exact) mass is 191 g/mol. The molecule has 6 heteroatoms. The van der Waals surface area contributed by atoms with Crippen LogP contribution in [0.15, 0.2) is 0 Å². The van der Waals surface area contributed by atoms with Gasteiger partial charge in [0.05, 0.1) is 12.6 Å². The van der Waals surface area contributed by atoms with Crippen LogP contribution in [0.3, 0.4) is 0 Å². The van der Waals surface area contributed by atoms with Crippen LogP contribution >= 0.6 is 0 Å². The first-order chi connectivity index (χ1) is 6.00. The van der Waals surface area contributed by atoms with Crippen molar-refractivity contribution in [3.8, 4) is 0 Å². The number of hydrogen-bond donors (Lipinski definition) is 4. The lowest BCUT2D eigenvalue weighted by Gasteiger charge is -2.24. The Morgan fingerprint density at radius 1 is 1.31 bits per heavy atom. The van der Waals surface area contributed by atoms with E-state index in [2.05, 4.69) is 0 Å². The zero-order valence-electron chi connectivity index (χ0n) is 7.16. The second kappa shape index (κ2) is 3.59. The van der Waals surface area contributed by atoms with Gasteiger partial charge in [-0.2, -0.15) is 0 Å². The Labute approximate surface area is 75.0 Å². The summed E-state index contributed by atoms with van der Waals surface area (Å²) >= 11 is 0. The first-order valence-corrected chi connectivity index (χ1v) is 3.94. The molecule has 13 heavy (non-hydrogen) atoms. The number of nitrogens with zero attached hydrogens (tertiary/aromatic N) is 1. The van der Waals surface area contributed by atoms with Crippen molar-refractivity contribution in [2.24, 2.45) is 0 Å². The molecule has 1 aliphatic rings. The number of likely N-dealkylation sites (tertiary alicyclic amines) is 1. The maximum absolute atomic E-state index is 10.9. The summed E-state index contributed by atoms with van der Waals surface area (Å²) in [6, 6.07) is -0.928. The number of carbonyl (C=O) groups is 1. The highest BCUT2D eigenvalue weighted by Crippen LogP contribution is 2.23. The Kier molecular flexibility index (Phi) is 2.87. The Balaban J connectivity index is 2.87. The summed E-state index contributed by atoms with van der Waals surface area (Å²) in [5.74, 6) is -0.498. The molecule has 4 N–H and O–H groups in total. The number of rotatable bonds is 1. The fourth-order valence-corrected chi connectivity index (χ4v) is 1.54. The molecule has 1 heterocycles. The van der Waals surface area contributed by atoms with Crippen molar-refractivity contribution in [2.75, 3.05) is 6.61 Å². The molecule has 0 unspecified atom stereocenters. The second-order valence-corrected chi connectivity index (χ2v) is 3.07. The number of aliphatic hydroxyl groups is 4. The molecule has 0 radical (unpaired) electrons. The van der Waals surface area contributed by atoms with E-state index in [1.165, 1.54) is 6.92 Å². The maximum atomic E-state index is 10.9. The van der Waals surface area contributed by atoms with E-state index in [1.54, 1.807) is 0 Å². The highest BCUT2D eigenvalue weighted by Gasteiger charge is 2.47. The number of hydrogen-bond acceptors (Lipinski definition) is 5. The largest absolute Gasteiger partial charge is 0.394 e. The summed E-state index contributed by atoms with van der Waals surface area (Å²) in [6.45, 7) is 0.700. The Morgan fingerprint density at radius 3 is 2.15 bits per heavy atom. The Bertz CT molecular complexity index is 209. The molecule has 1 amide bonds. The fraction of sp³-hybridized carbons (Fsp3) is 0.857. The van der Waals surface area contributed by atoms with Gasteiger partial charge in [-0.05, 0) is 0 Å². The highest BCUT2D eigenvalue weighted by atomic mass is 16.4. The molecule has 1 rings (SSSR count). The Hall–Kier alpha value is -0.690. The van der Waals surface area contributed by atoms with Gasteiger partial charge in [0.1, 0.15) is 12.2 Å². The molecule has 0 aromatic rings. The predicted octanol–water partition coefficient (Wildman–Crippen LogP) is -2.75. The van der Waals surface area contributed by atoms with Crippen molar-refractivity contribution in [3.05, 3.63) is 0 Å². The number of aliphatic hydroxyl groups excluding tert-OH is 4. The minimum Gasteiger partial charge on any atom is -0.394 e. The Morgan fingerprint density at radius 2 is 1.85 bits per heavy atom. The van der Waals surface area contributed by atoms with Crippen LogP contribution in [0.1, 0.15) is 6.92 Å². The van der Waals surface area contributed by atoms with Crippen LogP contribution in [0.2, 0.25) is 0 Å². The average Bonchev–Trinajstić information content (AvgIpc) is 2.29. The standard InChI is InChI=1S/C7H13NO5/c1-3(10)8-4(2-9)5(11)6(12)7(8)13/h4-7,9,11-13H,2H2,1H3/t4-,5-,6-,7+/m0/s1. The smallest absolute Gasteiger partial charge is 0.221 e.